The van der Waals surface area contributed by atoms with E-state index in [1.54, 1.807) is 17.8 Å². The lowest BCUT2D eigenvalue weighted by Gasteiger charge is -2.03. The van der Waals surface area contributed by atoms with Gasteiger partial charge in [0.2, 0.25) is 0 Å². The standard InChI is InChI=1S/C12H12ClN3O/c1-8-3-9(5-10(13)4-8)11(17)6-12-14-7-15-16(12)2/h3-5,7H,6H2,1-2H3. The van der Waals surface area contributed by atoms with Crippen LogP contribution in [0.25, 0.3) is 0 Å². The van der Waals surface area contributed by atoms with Crippen molar-refractivity contribution in [3.63, 3.8) is 0 Å². The van der Waals surface area contributed by atoms with Gasteiger partial charge in [-0.3, -0.25) is 9.48 Å². The summed E-state index contributed by atoms with van der Waals surface area (Å²) in [4.78, 5) is 16.1. The number of benzene rings is 1. The molecule has 88 valence electrons. The molecule has 17 heavy (non-hydrogen) atoms. The van der Waals surface area contributed by atoms with Crippen molar-refractivity contribution in [3.05, 3.63) is 46.5 Å². The van der Waals surface area contributed by atoms with Gasteiger partial charge in [0.05, 0.1) is 6.42 Å². The van der Waals surface area contributed by atoms with Crippen molar-refractivity contribution in [2.45, 2.75) is 13.3 Å². The number of Topliss-reactive ketones (excluding diaryl/α,β-unsaturated/α-hetero) is 1. The van der Waals surface area contributed by atoms with Gasteiger partial charge in [0.1, 0.15) is 12.2 Å². The summed E-state index contributed by atoms with van der Waals surface area (Å²) in [5, 5.41) is 4.50. The lowest BCUT2D eigenvalue weighted by atomic mass is 10.1. The molecule has 0 bridgehead atoms. The zero-order valence-corrected chi connectivity index (χ0v) is 10.4. The Balaban J connectivity index is 2.23. The molecule has 0 N–H and O–H groups in total. The molecular formula is C12H12ClN3O. The second-order valence-electron chi connectivity index (χ2n) is 3.92. The highest BCUT2D eigenvalue weighted by molar-refractivity contribution is 6.31. The maximum atomic E-state index is 12.0. The first-order valence-electron chi connectivity index (χ1n) is 5.19. The predicted molar refractivity (Wildman–Crippen MR) is 65.2 cm³/mol. The summed E-state index contributed by atoms with van der Waals surface area (Å²) < 4.78 is 1.59. The number of ketones is 1. The van der Waals surface area contributed by atoms with Crippen LogP contribution in [0.2, 0.25) is 5.02 Å². The molecular weight excluding hydrogens is 238 g/mol. The average Bonchev–Trinajstić information content (AvgIpc) is 2.63. The number of halogens is 1. The zero-order valence-electron chi connectivity index (χ0n) is 9.64. The molecule has 1 heterocycles. The number of rotatable bonds is 3. The van der Waals surface area contributed by atoms with E-state index in [4.69, 9.17) is 11.6 Å². The van der Waals surface area contributed by atoms with Gasteiger partial charge in [-0.2, -0.15) is 5.10 Å². The molecule has 0 unspecified atom stereocenters. The largest absolute Gasteiger partial charge is 0.294 e. The highest BCUT2D eigenvalue weighted by Gasteiger charge is 2.11. The van der Waals surface area contributed by atoms with Gasteiger partial charge in [-0.15, -0.1) is 0 Å². The van der Waals surface area contributed by atoms with Crippen molar-refractivity contribution in [2.24, 2.45) is 7.05 Å². The van der Waals surface area contributed by atoms with Crippen LogP contribution >= 0.6 is 11.6 Å². The van der Waals surface area contributed by atoms with Crippen LogP contribution in [0.5, 0.6) is 0 Å². The number of nitrogens with zero attached hydrogens (tertiary/aromatic N) is 3. The van der Waals surface area contributed by atoms with Gasteiger partial charge >= 0.3 is 0 Å². The first-order valence-corrected chi connectivity index (χ1v) is 5.57. The van der Waals surface area contributed by atoms with Gasteiger partial charge in [0.25, 0.3) is 0 Å². The van der Waals surface area contributed by atoms with Crippen LogP contribution in [0, 0.1) is 6.92 Å². The Morgan fingerprint density at radius 1 is 1.41 bits per heavy atom. The van der Waals surface area contributed by atoms with Crippen molar-refractivity contribution < 1.29 is 4.79 Å². The quantitative estimate of drug-likeness (QED) is 0.784. The van der Waals surface area contributed by atoms with Crippen LogP contribution in [0.3, 0.4) is 0 Å². The first-order chi connectivity index (χ1) is 8.06. The summed E-state index contributed by atoms with van der Waals surface area (Å²) in [5.41, 5.74) is 1.58. The minimum Gasteiger partial charge on any atom is -0.294 e. The maximum absolute atomic E-state index is 12.0. The van der Waals surface area contributed by atoms with Crippen molar-refractivity contribution in [1.82, 2.24) is 14.8 Å². The second-order valence-corrected chi connectivity index (χ2v) is 4.35. The Hall–Kier alpha value is -1.68. The number of aryl methyl sites for hydroxylation is 2. The first kappa shape index (κ1) is 11.8. The Morgan fingerprint density at radius 3 is 2.76 bits per heavy atom. The molecule has 0 saturated heterocycles. The Morgan fingerprint density at radius 2 is 2.18 bits per heavy atom. The van der Waals surface area contributed by atoms with Gasteiger partial charge in [0.15, 0.2) is 5.78 Å². The number of carbonyl (C=O) groups excluding carboxylic acids is 1. The Bertz CT molecular complexity index is 542. The molecule has 0 spiro atoms. The molecule has 0 aliphatic carbocycles. The van der Waals surface area contributed by atoms with Gasteiger partial charge in [-0.1, -0.05) is 11.6 Å². The molecule has 2 rings (SSSR count). The molecule has 0 aliphatic rings. The topological polar surface area (TPSA) is 47.8 Å². The smallest absolute Gasteiger partial charge is 0.170 e. The number of aromatic nitrogens is 3. The van der Waals surface area contributed by atoms with E-state index in [0.29, 0.717) is 16.4 Å². The third-order valence-corrected chi connectivity index (χ3v) is 2.71. The third-order valence-electron chi connectivity index (χ3n) is 2.49. The number of carbonyl (C=O) groups is 1. The molecule has 0 atom stereocenters. The van der Waals surface area contributed by atoms with E-state index in [0.717, 1.165) is 5.56 Å². The molecule has 1 aromatic heterocycles. The minimum absolute atomic E-state index is 0.00769. The van der Waals surface area contributed by atoms with E-state index < -0.39 is 0 Å². The normalized spacial score (nSPS) is 10.5. The Labute approximate surface area is 104 Å². The molecule has 0 amide bonds. The second kappa shape index (κ2) is 4.67. The summed E-state index contributed by atoms with van der Waals surface area (Å²) in [7, 11) is 1.76. The average molecular weight is 250 g/mol. The minimum atomic E-state index is -0.00769. The number of hydrogen-bond acceptors (Lipinski definition) is 3. The highest BCUT2D eigenvalue weighted by atomic mass is 35.5. The van der Waals surface area contributed by atoms with Crippen molar-refractivity contribution in [1.29, 1.82) is 0 Å². The summed E-state index contributed by atoms with van der Waals surface area (Å²) in [5.74, 6) is 0.638. The maximum Gasteiger partial charge on any atom is 0.170 e. The van der Waals surface area contributed by atoms with Crippen LogP contribution in [0.15, 0.2) is 24.5 Å². The van der Waals surface area contributed by atoms with Crippen molar-refractivity contribution >= 4 is 17.4 Å². The van der Waals surface area contributed by atoms with E-state index in [9.17, 15) is 4.79 Å². The highest BCUT2D eigenvalue weighted by Crippen LogP contribution is 2.16. The van der Waals surface area contributed by atoms with Crippen LogP contribution in [0.1, 0.15) is 21.7 Å². The molecule has 0 fully saturated rings. The lowest BCUT2D eigenvalue weighted by Crippen LogP contribution is -2.09. The molecule has 2 aromatic rings. The predicted octanol–water partition coefficient (Wildman–Crippen LogP) is 2.20. The fourth-order valence-electron chi connectivity index (χ4n) is 1.62. The summed E-state index contributed by atoms with van der Waals surface area (Å²) in [6.45, 7) is 1.91. The van der Waals surface area contributed by atoms with Crippen molar-refractivity contribution in [2.75, 3.05) is 0 Å². The van der Waals surface area contributed by atoms with Gasteiger partial charge in [0, 0.05) is 17.6 Å². The lowest BCUT2D eigenvalue weighted by molar-refractivity contribution is 0.0989. The van der Waals surface area contributed by atoms with E-state index in [1.165, 1.54) is 6.33 Å². The van der Waals surface area contributed by atoms with E-state index in [2.05, 4.69) is 10.1 Å². The van der Waals surface area contributed by atoms with E-state index in [-0.39, 0.29) is 12.2 Å². The van der Waals surface area contributed by atoms with Crippen molar-refractivity contribution in [3.8, 4) is 0 Å². The SMILES string of the molecule is Cc1cc(Cl)cc(C(=O)Cc2ncnn2C)c1. The fourth-order valence-corrected chi connectivity index (χ4v) is 1.91. The third kappa shape index (κ3) is 2.71. The monoisotopic (exact) mass is 249 g/mol. The fraction of sp³-hybridized carbons (Fsp3) is 0.250. The van der Waals surface area contributed by atoms with Gasteiger partial charge < -0.3 is 0 Å². The number of hydrogen-bond donors (Lipinski definition) is 0. The van der Waals surface area contributed by atoms with Gasteiger partial charge in [-0.05, 0) is 30.7 Å². The van der Waals surface area contributed by atoms with Crippen LogP contribution in [0.4, 0.5) is 0 Å². The summed E-state index contributed by atoms with van der Waals surface area (Å²) >= 11 is 5.92. The summed E-state index contributed by atoms with van der Waals surface area (Å²) in [6.07, 6.45) is 1.67. The van der Waals surface area contributed by atoms with E-state index >= 15 is 0 Å². The molecule has 0 saturated carbocycles. The van der Waals surface area contributed by atoms with Crippen LogP contribution in [-0.4, -0.2) is 20.5 Å². The Kier molecular flexibility index (Phi) is 3.24. The molecule has 5 heteroatoms. The van der Waals surface area contributed by atoms with Gasteiger partial charge in [-0.25, -0.2) is 4.98 Å². The molecule has 1 aromatic carbocycles. The molecule has 0 radical (unpaired) electrons. The van der Waals surface area contributed by atoms with Crippen LogP contribution < -0.4 is 0 Å². The molecule has 0 aliphatic heterocycles. The summed E-state index contributed by atoms with van der Waals surface area (Å²) in [6, 6.07) is 5.32. The molecule has 4 nitrogen and oxygen atoms in total. The zero-order chi connectivity index (χ0) is 12.4. The van der Waals surface area contributed by atoms with E-state index in [1.807, 2.05) is 19.1 Å². The van der Waals surface area contributed by atoms with Crippen LogP contribution in [-0.2, 0) is 13.5 Å².